The van der Waals surface area contributed by atoms with Gasteiger partial charge in [-0.1, -0.05) is 0 Å². The maximum absolute atomic E-state index is 5.61. The van der Waals surface area contributed by atoms with Crippen LogP contribution in [0.4, 0.5) is 0 Å². The van der Waals surface area contributed by atoms with E-state index in [4.69, 9.17) is 9.72 Å². The molecule has 1 saturated heterocycles. The number of likely N-dealkylation sites (tertiary alicyclic amines) is 1. The Balaban J connectivity index is 1.54. The molecule has 2 aromatic rings. The van der Waals surface area contributed by atoms with Crippen LogP contribution in [0.2, 0.25) is 0 Å². The van der Waals surface area contributed by atoms with Crippen molar-refractivity contribution in [3.05, 3.63) is 29.6 Å². The zero-order valence-electron chi connectivity index (χ0n) is 13.8. The first-order chi connectivity index (χ1) is 11.3. The fraction of sp³-hybridized carbons (Fsp3) is 0.688. The summed E-state index contributed by atoms with van der Waals surface area (Å²) in [5.74, 6) is 2.54. The van der Waals surface area contributed by atoms with Gasteiger partial charge >= 0.3 is 0 Å². The number of aromatic amines is 1. The third-order valence-electron chi connectivity index (χ3n) is 4.95. The van der Waals surface area contributed by atoms with E-state index in [1.165, 1.54) is 18.5 Å². The van der Waals surface area contributed by atoms with Crippen molar-refractivity contribution in [1.82, 2.24) is 29.9 Å². The van der Waals surface area contributed by atoms with E-state index < -0.39 is 0 Å². The highest BCUT2D eigenvalue weighted by Gasteiger charge is 2.37. The molecule has 3 heterocycles. The topological polar surface area (TPSA) is 71.9 Å². The number of rotatable bonds is 6. The summed E-state index contributed by atoms with van der Waals surface area (Å²) >= 11 is 0. The summed E-state index contributed by atoms with van der Waals surface area (Å²) in [6.45, 7) is 4.78. The van der Waals surface area contributed by atoms with Crippen LogP contribution in [0.1, 0.15) is 55.5 Å². The van der Waals surface area contributed by atoms with E-state index in [-0.39, 0.29) is 12.1 Å². The molecule has 7 heteroatoms. The highest BCUT2D eigenvalue weighted by Crippen LogP contribution is 2.39. The van der Waals surface area contributed by atoms with E-state index in [0.29, 0.717) is 5.92 Å². The molecule has 1 aliphatic carbocycles. The third kappa shape index (κ3) is 2.90. The van der Waals surface area contributed by atoms with Gasteiger partial charge in [0, 0.05) is 38.9 Å². The standard InChI is InChI=1S/C16H24N6O/c1-3-22-12(6-7-17-22)9-21-10-13(23-2)8-14(21)16-18-15(19-20-16)11-4-5-11/h6-7,11,13-14H,3-5,8-10H2,1-2H3,(H,18,19,20)/t13-,14+/m1/s1. The summed E-state index contributed by atoms with van der Waals surface area (Å²) in [7, 11) is 1.79. The van der Waals surface area contributed by atoms with Crippen LogP contribution in [0.15, 0.2) is 12.3 Å². The number of hydrogen-bond donors (Lipinski definition) is 1. The second-order valence-corrected chi connectivity index (χ2v) is 6.53. The maximum atomic E-state index is 5.61. The number of methoxy groups -OCH3 is 1. The Bertz CT molecular complexity index is 661. The van der Waals surface area contributed by atoms with Crippen LogP contribution in [-0.4, -0.2) is 49.6 Å². The molecule has 7 nitrogen and oxygen atoms in total. The van der Waals surface area contributed by atoms with Crippen molar-refractivity contribution in [2.75, 3.05) is 13.7 Å². The number of nitrogens with zero attached hydrogens (tertiary/aromatic N) is 5. The van der Waals surface area contributed by atoms with Crippen LogP contribution in [0.25, 0.3) is 0 Å². The Morgan fingerprint density at radius 2 is 2.26 bits per heavy atom. The first kappa shape index (κ1) is 14.8. The smallest absolute Gasteiger partial charge is 0.153 e. The molecule has 1 N–H and O–H groups in total. The van der Waals surface area contributed by atoms with Crippen LogP contribution >= 0.6 is 0 Å². The average Bonchev–Trinajstić information content (AvgIpc) is 3.01. The van der Waals surface area contributed by atoms with Gasteiger partial charge < -0.3 is 4.74 Å². The molecule has 2 fully saturated rings. The molecule has 124 valence electrons. The van der Waals surface area contributed by atoms with Crippen molar-refractivity contribution < 1.29 is 4.74 Å². The lowest BCUT2D eigenvalue weighted by Gasteiger charge is -2.22. The quantitative estimate of drug-likeness (QED) is 0.881. The lowest BCUT2D eigenvalue weighted by Crippen LogP contribution is -2.26. The van der Waals surface area contributed by atoms with E-state index in [1.54, 1.807) is 7.11 Å². The molecule has 23 heavy (non-hydrogen) atoms. The average molecular weight is 316 g/mol. The lowest BCUT2D eigenvalue weighted by molar-refractivity contribution is 0.107. The van der Waals surface area contributed by atoms with Crippen LogP contribution in [0.3, 0.4) is 0 Å². The lowest BCUT2D eigenvalue weighted by atomic mass is 10.2. The van der Waals surface area contributed by atoms with Crippen molar-refractivity contribution >= 4 is 0 Å². The minimum absolute atomic E-state index is 0.236. The summed E-state index contributed by atoms with van der Waals surface area (Å²) in [5, 5.41) is 12.0. The molecule has 0 spiro atoms. The zero-order chi connectivity index (χ0) is 15.8. The second-order valence-electron chi connectivity index (χ2n) is 6.53. The third-order valence-corrected chi connectivity index (χ3v) is 4.95. The van der Waals surface area contributed by atoms with Gasteiger partial charge in [-0.15, -0.1) is 0 Å². The molecule has 2 aliphatic rings. The molecule has 1 aliphatic heterocycles. The Hall–Kier alpha value is -1.73. The molecular formula is C16H24N6O. The fourth-order valence-corrected chi connectivity index (χ4v) is 3.44. The molecule has 0 aromatic carbocycles. The van der Waals surface area contributed by atoms with Gasteiger partial charge in [0.15, 0.2) is 5.82 Å². The molecular weight excluding hydrogens is 292 g/mol. The minimum atomic E-state index is 0.236. The van der Waals surface area contributed by atoms with E-state index >= 15 is 0 Å². The SMILES string of the molecule is CCn1nccc1CN1C[C@H](OC)C[C@H]1c1nc(C2CC2)n[nH]1. The summed E-state index contributed by atoms with van der Waals surface area (Å²) in [6.07, 6.45) is 5.52. The second kappa shape index (κ2) is 6.05. The molecule has 0 unspecified atom stereocenters. The number of hydrogen-bond acceptors (Lipinski definition) is 5. The molecule has 4 rings (SSSR count). The molecule has 2 atom stereocenters. The Morgan fingerprint density at radius 1 is 1.39 bits per heavy atom. The number of H-pyrrole nitrogens is 1. The number of ether oxygens (including phenoxy) is 1. The van der Waals surface area contributed by atoms with Gasteiger partial charge in [-0.25, -0.2) is 4.98 Å². The predicted octanol–water partition coefficient (Wildman–Crippen LogP) is 1.86. The van der Waals surface area contributed by atoms with Crippen LogP contribution in [0.5, 0.6) is 0 Å². The van der Waals surface area contributed by atoms with Gasteiger partial charge in [-0.3, -0.25) is 14.7 Å². The van der Waals surface area contributed by atoms with Gasteiger partial charge in [0.05, 0.1) is 17.8 Å². The van der Waals surface area contributed by atoms with Gasteiger partial charge in [0.2, 0.25) is 0 Å². The predicted molar refractivity (Wildman–Crippen MR) is 84.8 cm³/mol. The van der Waals surface area contributed by atoms with E-state index in [2.05, 4.69) is 33.2 Å². The molecule has 0 amide bonds. The fourth-order valence-electron chi connectivity index (χ4n) is 3.44. The van der Waals surface area contributed by atoms with Gasteiger partial charge in [0.25, 0.3) is 0 Å². The summed E-state index contributed by atoms with van der Waals surface area (Å²) in [4.78, 5) is 7.18. The molecule has 1 saturated carbocycles. The Kier molecular flexibility index (Phi) is 3.90. The summed E-state index contributed by atoms with van der Waals surface area (Å²) in [6, 6.07) is 2.33. The minimum Gasteiger partial charge on any atom is -0.380 e. The molecule has 0 radical (unpaired) electrons. The maximum Gasteiger partial charge on any atom is 0.153 e. The Morgan fingerprint density at radius 3 is 3.00 bits per heavy atom. The van der Waals surface area contributed by atoms with Crippen molar-refractivity contribution in [1.29, 1.82) is 0 Å². The van der Waals surface area contributed by atoms with Gasteiger partial charge in [-0.05, 0) is 32.3 Å². The van der Waals surface area contributed by atoms with Gasteiger partial charge in [0.1, 0.15) is 5.82 Å². The van der Waals surface area contributed by atoms with Crippen molar-refractivity contribution in [2.45, 2.75) is 57.3 Å². The highest BCUT2D eigenvalue weighted by molar-refractivity contribution is 5.10. The normalized spacial score (nSPS) is 25.3. The zero-order valence-corrected chi connectivity index (χ0v) is 13.8. The number of aryl methyl sites for hydroxylation is 1. The molecule has 2 aromatic heterocycles. The van der Waals surface area contributed by atoms with Gasteiger partial charge in [-0.2, -0.15) is 10.2 Å². The van der Waals surface area contributed by atoms with E-state index in [0.717, 1.165) is 37.7 Å². The van der Waals surface area contributed by atoms with Crippen molar-refractivity contribution in [3.63, 3.8) is 0 Å². The summed E-state index contributed by atoms with van der Waals surface area (Å²) in [5.41, 5.74) is 1.23. The molecule has 0 bridgehead atoms. The summed E-state index contributed by atoms with van der Waals surface area (Å²) < 4.78 is 7.66. The first-order valence-electron chi connectivity index (χ1n) is 8.48. The number of nitrogens with one attached hydrogen (secondary N) is 1. The van der Waals surface area contributed by atoms with Crippen molar-refractivity contribution in [3.8, 4) is 0 Å². The number of aromatic nitrogens is 5. The first-order valence-corrected chi connectivity index (χ1v) is 8.48. The Labute approximate surface area is 136 Å². The van der Waals surface area contributed by atoms with Crippen LogP contribution in [0, 0.1) is 0 Å². The highest BCUT2D eigenvalue weighted by atomic mass is 16.5. The van der Waals surface area contributed by atoms with Crippen molar-refractivity contribution in [2.24, 2.45) is 0 Å². The van der Waals surface area contributed by atoms with E-state index in [1.807, 2.05) is 10.9 Å². The van der Waals surface area contributed by atoms with Crippen LogP contribution in [-0.2, 0) is 17.8 Å². The largest absolute Gasteiger partial charge is 0.380 e. The van der Waals surface area contributed by atoms with Crippen LogP contribution < -0.4 is 0 Å². The van der Waals surface area contributed by atoms with E-state index in [9.17, 15) is 0 Å². The monoisotopic (exact) mass is 316 g/mol.